The summed E-state index contributed by atoms with van der Waals surface area (Å²) in [6.45, 7) is 3.06. The van der Waals surface area contributed by atoms with Crippen LogP contribution in [0.1, 0.15) is 15.9 Å². The van der Waals surface area contributed by atoms with E-state index in [2.05, 4.69) is 21.2 Å². The Morgan fingerprint density at radius 1 is 1.47 bits per heavy atom. The average molecular weight is 302 g/mol. The molecule has 0 atom stereocenters. The van der Waals surface area contributed by atoms with Crippen molar-refractivity contribution in [2.45, 2.75) is 6.92 Å². The van der Waals surface area contributed by atoms with Gasteiger partial charge in [0, 0.05) is 11.0 Å². The van der Waals surface area contributed by atoms with Crippen molar-refractivity contribution in [2.24, 2.45) is 0 Å². The van der Waals surface area contributed by atoms with E-state index in [0.717, 1.165) is 10.0 Å². The molecular formula is C12H16BrNO3. The predicted octanol–water partition coefficient (Wildman–Crippen LogP) is 1.50. The molecule has 0 unspecified atom stereocenters. The summed E-state index contributed by atoms with van der Waals surface area (Å²) in [7, 11) is 0. The smallest absolute Gasteiger partial charge is 0.252 e. The number of nitrogens with one attached hydrogen (secondary N) is 1. The largest absolute Gasteiger partial charge is 0.394 e. The molecule has 0 aliphatic rings. The highest BCUT2D eigenvalue weighted by Gasteiger charge is 2.09. The van der Waals surface area contributed by atoms with E-state index < -0.39 is 0 Å². The van der Waals surface area contributed by atoms with Gasteiger partial charge in [-0.2, -0.15) is 0 Å². The maximum atomic E-state index is 11.8. The van der Waals surface area contributed by atoms with Gasteiger partial charge in [0.2, 0.25) is 0 Å². The molecule has 2 N–H and O–H groups in total. The zero-order chi connectivity index (χ0) is 12.7. The third-order valence-electron chi connectivity index (χ3n) is 2.13. The van der Waals surface area contributed by atoms with Crippen molar-refractivity contribution in [3.63, 3.8) is 0 Å². The molecule has 94 valence electrons. The first-order valence-electron chi connectivity index (χ1n) is 5.38. The van der Waals surface area contributed by atoms with Gasteiger partial charge in [0.15, 0.2) is 0 Å². The Balaban J connectivity index is 2.44. The summed E-state index contributed by atoms with van der Waals surface area (Å²) in [6, 6.07) is 5.62. The molecule has 0 heterocycles. The molecule has 0 aromatic heterocycles. The molecule has 0 bridgehead atoms. The fourth-order valence-electron chi connectivity index (χ4n) is 1.31. The van der Waals surface area contributed by atoms with Crippen molar-refractivity contribution >= 4 is 21.8 Å². The number of carbonyl (C=O) groups excluding carboxylic acids is 1. The first-order chi connectivity index (χ1) is 8.15. The van der Waals surface area contributed by atoms with E-state index in [4.69, 9.17) is 9.84 Å². The molecule has 0 saturated heterocycles. The molecule has 0 saturated carbocycles. The average Bonchev–Trinajstić information content (AvgIpc) is 2.32. The van der Waals surface area contributed by atoms with Crippen LogP contribution in [0.4, 0.5) is 0 Å². The lowest BCUT2D eigenvalue weighted by molar-refractivity contribution is 0.0837. The van der Waals surface area contributed by atoms with Crippen molar-refractivity contribution < 1.29 is 14.6 Å². The van der Waals surface area contributed by atoms with Gasteiger partial charge in [0.05, 0.1) is 25.4 Å². The van der Waals surface area contributed by atoms with Gasteiger partial charge in [0.25, 0.3) is 5.91 Å². The van der Waals surface area contributed by atoms with E-state index >= 15 is 0 Å². The second kappa shape index (κ2) is 7.42. The molecule has 1 aromatic rings. The lowest BCUT2D eigenvalue weighted by Gasteiger charge is -2.08. The normalized spacial score (nSPS) is 10.3. The van der Waals surface area contributed by atoms with E-state index in [0.29, 0.717) is 25.3 Å². The zero-order valence-corrected chi connectivity index (χ0v) is 11.3. The van der Waals surface area contributed by atoms with Crippen LogP contribution >= 0.6 is 15.9 Å². The summed E-state index contributed by atoms with van der Waals surface area (Å²) >= 11 is 3.34. The molecule has 0 fully saturated rings. The number of amides is 1. The van der Waals surface area contributed by atoms with Gasteiger partial charge in [0.1, 0.15) is 0 Å². The number of benzene rings is 1. The highest BCUT2D eigenvalue weighted by Crippen LogP contribution is 2.17. The summed E-state index contributed by atoms with van der Waals surface area (Å²) in [5.74, 6) is -0.131. The van der Waals surface area contributed by atoms with Gasteiger partial charge in [-0.1, -0.05) is 11.6 Å². The summed E-state index contributed by atoms with van der Waals surface area (Å²) < 4.78 is 5.82. The Bertz CT molecular complexity index is 382. The lowest BCUT2D eigenvalue weighted by Crippen LogP contribution is -2.27. The molecule has 1 amide bonds. The maximum Gasteiger partial charge on any atom is 0.252 e. The quantitative estimate of drug-likeness (QED) is 0.783. The highest BCUT2D eigenvalue weighted by atomic mass is 79.9. The molecule has 1 rings (SSSR count). The van der Waals surface area contributed by atoms with E-state index in [-0.39, 0.29) is 12.5 Å². The number of carbonyl (C=O) groups is 1. The van der Waals surface area contributed by atoms with Crippen LogP contribution < -0.4 is 5.32 Å². The number of ether oxygens (including phenoxy) is 1. The predicted molar refractivity (Wildman–Crippen MR) is 69.1 cm³/mol. The van der Waals surface area contributed by atoms with E-state index in [1.165, 1.54) is 0 Å². The molecular weight excluding hydrogens is 286 g/mol. The van der Waals surface area contributed by atoms with Crippen LogP contribution in [0.3, 0.4) is 0 Å². The summed E-state index contributed by atoms with van der Waals surface area (Å²) in [6.07, 6.45) is 0. The van der Waals surface area contributed by atoms with E-state index in [1.807, 2.05) is 25.1 Å². The monoisotopic (exact) mass is 301 g/mol. The molecule has 17 heavy (non-hydrogen) atoms. The van der Waals surface area contributed by atoms with Gasteiger partial charge in [-0.25, -0.2) is 0 Å². The van der Waals surface area contributed by atoms with Crippen LogP contribution in [0.5, 0.6) is 0 Å². The number of hydrogen-bond acceptors (Lipinski definition) is 3. The van der Waals surface area contributed by atoms with Gasteiger partial charge in [-0.05, 0) is 35.0 Å². The van der Waals surface area contributed by atoms with Gasteiger partial charge in [-0.3, -0.25) is 4.79 Å². The van der Waals surface area contributed by atoms with Crippen molar-refractivity contribution in [3.8, 4) is 0 Å². The van der Waals surface area contributed by atoms with Crippen molar-refractivity contribution in [2.75, 3.05) is 26.4 Å². The number of aliphatic hydroxyl groups is 1. The van der Waals surface area contributed by atoms with Gasteiger partial charge < -0.3 is 15.2 Å². The van der Waals surface area contributed by atoms with Crippen LogP contribution in [0, 0.1) is 6.92 Å². The molecule has 5 heteroatoms. The van der Waals surface area contributed by atoms with Crippen LogP contribution in [-0.2, 0) is 4.74 Å². The summed E-state index contributed by atoms with van der Waals surface area (Å²) in [4.78, 5) is 11.8. The Morgan fingerprint density at radius 3 is 2.94 bits per heavy atom. The summed E-state index contributed by atoms with van der Waals surface area (Å²) in [5, 5.41) is 11.3. The number of aliphatic hydroxyl groups excluding tert-OH is 1. The zero-order valence-electron chi connectivity index (χ0n) is 9.70. The van der Waals surface area contributed by atoms with Gasteiger partial charge in [-0.15, -0.1) is 0 Å². The van der Waals surface area contributed by atoms with Gasteiger partial charge >= 0.3 is 0 Å². The SMILES string of the molecule is Cc1ccc(Br)c(C(=O)NCCOCCO)c1. The van der Waals surface area contributed by atoms with Crippen molar-refractivity contribution in [3.05, 3.63) is 33.8 Å². The molecule has 1 aromatic carbocycles. The van der Waals surface area contributed by atoms with Crippen molar-refractivity contribution in [1.82, 2.24) is 5.32 Å². The van der Waals surface area contributed by atoms with Crippen LogP contribution in [-0.4, -0.2) is 37.4 Å². The number of halogens is 1. The minimum Gasteiger partial charge on any atom is -0.394 e. The Morgan fingerprint density at radius 2 is 2.24 bits per heavy atom. The van der Waals surface area contributed by atoms with Crippen LogP contribution in [0.2, 0.25) is 0 Å². The Kier molecular flexibility index (Phi) is 6.18. The number of aryl methyl sites for hydroxylation is 1. The standard InChI is InChI=1S/C12H16BrNO3/c1-9-2-3-11(13)10(8-9)12(16)14-4-6-17-7-5-15/h2-3,8,15H,4-7H2,1H3,(H,14,16). The number of hydrogen-bond donors (Lipinski definition) is 2. The Labute approximate surface area is 109 Å². The summed E-state index contributed by atoms with van der Waals surface area (Å²) in [5.41, 5.74) is 1.65. The highest BCUT2D eigenvalue weighted by molar-refractivity contribution is 9.10. The van der Waals surface area contributed by atoms with Crippen molar-refractivity contribution in [1.29, 1.82) is 0 Å². The third kappa shape index (κ3) is 4.85. The molecule has 4 nitrogen and oxygen atoms in total. The van der Waals surface area contributed by atoms with Crippen LogP contribution in [0.25, 0.3) is 0 Å². The van der Waals surface area contributed by atoms with E-state index in [9.17, 15) is 4.79 Å². The minimum absolute atomic E-state index is 0.00260. The fraction of sp³-hybridized carbons (Fsp3) is 0.417. The molecule has 0 radical (unpaired) electrons. The first-order valence-corrected chi connectivity index (χ1v) is 6.17. The van der Waals surface area contributed by atoms with Crippen LogP contribution in [0.15, 0.2) is 22.7 Å². The first kappa shape index (κ1) is 14.2. The number of rotatable bonds is 6. The molecule has 0 spiro atoms. The van der Waals surface area contributed by atoms with E-state index in [1.54, 1.807) is 0 Å². The second-order valence-electron chi connectivity index (χ2n) is 3.58. The second-order valence-corrected chi connectivity index (χ2v) is 4.43. The molecule has 0 aliphatic carbocycles. The lowest BCUT2D eigenvalue weighted by atomic mass is 10.1. The minimum atomic E-state index is -0.131. The Hall–Kier alpha value is -0.910. The molecule has 0 aliphatic heterocycles. The fourth-order valence-corrected chi connectivity index (χ4v) is 1.74. The topological polar surface area (TPSA) is 58.6 Å². The maximum absolute atomic E-state index is 11.8. The third-order valence-corrected chi connectivity index (χ3v) is 2.83.